The van der Waals surface area contributed by atoms with Crippen LogP contribution in [0.4, 0.5) is 10.5 Å². The third-order valence-electron chi connectivity index (χ3n) is 6.40. The molecule has 30 heavy (non-hydrogen) atoms. The summed E-state index contributed by atoms with van der Waals surface area (Å²) in [7, 11) is -1.61. The molecular weight excluding hydrogens is 400 g/mol. The topological polar surface area (TPSA) is 90.5 Å². The second-order valence-corrected chi connectivity index (χ2v) is 10.8. The molecule has 168 valence electrons. The second-order valence-electron chi connectivity index (χ2n) is 8.63. The van der Waals surface area contributed by atoms with E-state index in [1.54, 1.807) is 7.05 Å². The minimum atomic E-state index is -3.21. The van der Waals surface area contributed by atoms with Crippen molar-refractivity contribution in [2.24, 2.45) is 5.92 Å². The first-order valence-electron chi connectivity index (χ1n) is 11.1. The van der Waals surface area contributed by atoms with Gasteiger partial charge >= 0.3 is 6.03 Å². The monoisotopic (exact) mass is 436 g/mol. The Balaban J connectivity index is 1.85. The van der Waals surface area contributed by atoms with Crippen molar-refractivity contribution in [3.05, 3.63) is 29.3 Å². The molecule has 3 rings (SSSR count). The van der Waals surface area contributed by atoms with Crippen LogP contribution in [0.3, 0.4) is 0 Å². The van der Waals surface area contributed by atoms with Gasteiger partial charge in [-0.05, 0) is 87.3 Å². The first-order chi connectivity index (χ1) is 14.3. The Morgan fingerprint density at radius 2 is 1.97 bits per heavy atom. The van der Waals surface area contributed by atoms with Crippen molar-refractivity contribution in [3.63, 3.8) is 0 Å². The number of piperidine rings is 1. The maximum Gasteiger partial charge on any atom is 0.318 e. The molecule has 2 aliphatic rings. The molecule has 1 aromatic rings. The van der Waals surface area contributed by atoms with E-state index in [-0.39, 0.29) is 18.0 Å². The fraction of sp³-hybridized carbons (Fsp3) is 0.682. The van der Waals surface area contributed by atoms with Gasteiger partial charge in [0.15, 0.2) is 9.84 Å². The summed E-state index contributed by atoms with van der Waals surface area (Å²) in [6, 6.07) is 6.02. The Morgan fingerprint density at radius 3 is 2.60 bits per heavy atom. The molecule has 8 heteroatoms. The predicted molar refractivity (Wildman–Crippen MR) is 122 cm³/mol. The Hall–Kier alpha value is -1.64. The number of anilines is 1. The largest absolute Gasteiger partial charge is 0.341 e. The molecule has 2 amide bonds. The molecule has 3 N–H and O–H groups in total. The molecule has 0 saturated carbocycles. The van der Waals surface area contributed by atoms with Crippen LogP contribution in [0.25, 0.3) is 0 Å². The first-order valence-corrected chi connectivity index (χ1v) is 13.0. The number of nitrogens with zero attached hydrogens (tertiary/aromatic N) is 1. The highest BCUT2D eigenvalue weighted by atomic mass is 32.2. The van der Waals surface area contributed by atoms with Crippen molar-refractivity contribution >= 4 is 21.6 Å². The molecule has 0 bridgehead atoms. The van der Waals surface area contributed by atoms with E-state index in [1.807, 2.05) is 12.1 Å². The maximum atomic E-state index is 12.9. The van der Waals surface area contributed by atoms with E-state index < -0.39 is 15.2 Å². The van der Waals surface area contributed by atoms with Crippen molar-refractivity contribution in [2.75, 3.05) is 38.3 Å². The summed E-state index contributed by atoms with van der Waals surface area (Å²) < 4.78 is 25.9. The van der Waals surface area contributed by atoms with Gasteiger partial charge in [0, 0.05) is 25.0 Å². The van der Waals surface area contributed by atoms with Crippen LogP contribution in [0.2, 0.25) is 0 Å². The van der Waals surface area contributed by atoms with Crippen LogP contribution < -0.4 is 16.0 Å². The van der Waals surface area contributed by atoms with Crippen LogP contribution >= 0.6 is 0 Å². The lowest BCUT2D eigenvalue weighted by atomic mass is 9.86. The summed E-state index contributed by atoms with van der Waals surface area (Å²) in [5.41, 5.74) is 3.27. The average Bonchev–Trinajstić information content (AvgIpc) is 2.72. The number of carbonyl (C=O) groups is 1. The minimum Gasteiger partial charge on any atom is -0.341 e. The summed E-state index contributed by atoms with van der Waals surface area (Å²) >= 11 is 0. The molecule has 7 nitrogen and oxygen atoms in total. The number of hydrogen-bond donors (Lipinski definition) is 3. The van der Waals surface area contributed by atoms with Crippen molar-refractivity contribution in [2.45, 2.75) is 56.9 Å². The predicted octanol–water partition coefficient (Wildman–Crippen LogP) is 2.38. The van der Waals surface area contributed by atoms with Gasteiger partial charge in [-0.15, -0.1) is 0 Å². The Morgan fingerprint density at radius 1 is 1.23 bits per heavy atom. The number of amides is 2. The van der Waals surface area contributed by atoms with Crippen LogP contribution in [-0.4, -0.2) is 63.7 Å². The van der Waals surface area contributed by atoms with E-state index in [0.717, 1.165) is 63.8 Å². The van der Waals surface area contributed by atoms with Gasteiger partial charge in [0.2, 0.25) is 0 Å². The van der Waals surface area contributed by atoms with E-state index in [1.165, 1.54) is 17.4 Å². The standard InChI is InChI=1S/C22H36N4O3S/c1-4-13-26(21(30(3,28)29)17-9-11-24-12-10-17)20-8-6-16-5-7-19(14-18(16)15-20)25-22(27)23-2/h5,7,14,17,20-21,24H,4,6,8-13,15H2,1-3H3,(H2,23,25,27). The molecule has 2 atom stereocenters. The molecule has 0 aromatic heterocycles. The Kier molecular flexibility index (Phi) is 7.76. The first kappa shape index (κ1) is 23.0. The van der Waals surface area contributed by atoms with Crippen LogP contribution in [0, 0.1) is 5.92 Å². The number of nitrogens with one attached hydrogen (secondary N) is 3. The lowest BCUT2D eigenvalue weighted by Crippen LogP contribution is -2.54. The summed E-state index contributed by atoms with van der Waals surface area (Å²) in [6.07, 6.45) is 6.86. The number of benzene rings is 1. The van der Waals surface area contributed by atoms with Crippen LogP contribution in [-0.2, 0) is 22.7 Å². The van der Waals surface area contributed by atoms with E-state index in [4.69, 9.17) is 0 Å². The maximum absolute atomic E-state index is 12.9. The molecule has 0 radical (unpaired) electrons. The van der Waals surface area contributed by atoms with Gasteiger partial charge in [-0.25, -0.2) is 13.2 Å². The Bertz CT molecular complexity index is 837. The number of urea groups is 1. The number of hydrogen-bond acceptors (Lipinski definition) is 5. The van der Waals surface area contributed by atoms with Gasteiger partial charge in [-0.1, -0.05) is 13.0 Å². The SMILES string of the molecule is CCCN(C1CCc2ccc(NC(=O)NC)cc2C1)C(C1CCNCC1)S(C)(=O)=O. The molecule has 0 spiro atoms. The van der Waals surface area contributed by atoms with Gasteiger partial charge in [0.1, 0.15) is 5.37 Å². The molecule has 1 saturated heterocycles. The molecular formula is C22H36N4O3S. The quantitative estimate of drug-likeness (QED) is 0.611. The minimum absolute atomic E-state index is 0.176. The summed E-state index contributed by atoms with van der Waals surface area (Å²) in [5, 5.41) is 8.36. The zero-order valence-electron chi connectivity index (χ0n) is 18.4. The summed E-state index contributed by atoms with van der Waals surface area (Å²) in [5.74, 6) is 0.176. The molecule has 1 aromatic carbocycles. The number of fused-ring (bicyclic) bond motifs is 1. The molecule has 1 fully saturated rings. The Labute approximate surface area is 180 Å². The number of rotatable bonds is 7. The second kappa shape index (κ2) is 10.1. The van der Waals surface area contributed by atoms with Crippen LogP contribution in [0.5, 0.6) is 0 Å². The van der Waals surface area contributed by atoms with Gasteiger partial charge in [0.25, 0.3) is 0 Å². The lowest BCUT2D eigenvalue weighted by molar-refractivity contribution is 0.114. The zero-order valence-corrected chi connectivity index (χ0v) is 19.2. The average molecular weight is 437 g/mol. The number of aryl methyl sites for hydroxylation is 1. The highest BCUT2D eigenvalue weighted by molar-refractivity contribution is 7.91. The number of sulfone groups is 1. The van der Waals surface area contributed by atoms with Crippen molar-refractivity contribution in [1.82, 2.24) is 15.5 Å². The summed E-state index contributed by atoms with van der Waals surface area (Å²) in [6.45, 7) is 4.69. The molecule has 1 aliphatic heterocycles. The van der Waals surface area contributed by atoms with Crippen molar-refractivity contribution in [3.8, 4) is 0 Å². The third-order valence-corrected chi connectivity index (χ3v) is 7.93. The van der Waals surface area contributed by atoms with Crippen LogP contribution in [0.1, 0.15) is 43.7 Å². The smallest absolute Gasteiger partial charge is 0.318 e. The molecule has 2 unspecified atom stereocenters. The van der Waals surface area contributed by atoms with Crippen LogP contribution in [0.15, 0.2) is 18.2 Å². The fourth-order valence-electron chi connectivity index (χ4n) is 5.06. The number of carbonyl (C=O) groups excluding carboxylic acids is 1. The van der Waals surface area contributed by atoms with E-state index in [2.05, 4.69) is 33.8 Å². The third kappa shape index (κ3) is 5.53. The highest BCUT2D eigenvalue weighted by Crippen LogP contribution is 2.33. The zero-order chi connectivity index (χ0) is 21.7. The van der Waals surface area contributed by atoms with Crippen molar-refractivity contribution < 1.29 is 13.2 Å². The van der Waals surface area contributed by atoms with E-state index in [0.29, 0.717) is 0 Å². The van der Waals surface area contributed by atoms with E-state index in [9.17, 15) is 13.2 Å². The fourth-order valence-corrected chi connectivity index (χ4v) is 6.80. The van der Waals surface area contributed by atoms with E-state index >= 15 is 0 Å². The van der Waals surface area contributed by atoms with Crippen molar-refractivity contribution in [1.29, 1.82) is 0 Å². The lowest BCUT2D eigenvalue weighted by Gasteiger charge is -2.43. The summed E-state index contributed by atoms with van der Waals surface area (Å²) in [4.78, 5) is 14.0. The van der Waals surface area contributed by atoms with Gasteiger partial charge in [-0.3, -0.25) is 4.90 Å². The molecule has 1 aliphatic carbocycles. The normalized spacial score (nSPS) is 21.1. The van der Waals surface area contributed by atoms with Gasteiger partial charge in [-0.2, -0.15) is 0 Å². The molecule has 1 heterocycles. The van der Waals surface area contributed by atoms with Gasteiger partial charge < -0.3 is 16.0 Å². The van der Waals surface area contributed by atoms with Gasteiger partial charge in [0.05, 0.1) is 0 Å². The highest BCUT2D eigenvalue weighted by Gasteiger charge is 2.39.